The fourth-order valence-electron chi connectivity index (χ4n) is 4.24. The van der Waals surface area contributed by atoms with Crippen molar-refractivity contribution >= 4 is 11.7 Å². The molecule has 1 N–H and O–H groups in total. The molecule has 0 bridgehead atoms. The van der Waals surface area contributed by atoms with Crippen molar-refractivity contribution in [3.05, 3.63) is 59.2 Å². The Morgan fingerprint density at radius 2 is 1.71 bits per heavy atom. The molecule has 1 aliphatic heterocycles. The van der Waals surface area contributed by atoms with Gasteiger partial charge in [-0.2, -0.15) is 0 Å². The van der Waals surface area contributed by atoms with Gasteiger partial charge >= 0.3 is 0 Å². The monoisotopic (exact) mass is 378 g/mol. The third kappa shape index (κ3) is 3.73. The number of amides is 1. The van der Waals surface area contributed by atoms with E-state index in [0.29, 0.717) is 23.2 Å². The fourth-order valence-corrected chi connectivity index (χ4v) is 4.24. The second-order valence-corrected chi connectivity index (χ2v) is 7.76. The standard InChI is InChI=1S/C23H26N2O3/c1-15-13-25(14-16(2)28-15)11-5-10-24-23(27)17-8-9-19-18-6-3-4-7-20(18)22(26)21(19)12-17/h3-4,6-9,12,15-16H,5,10-11,13-14H2,1-2H3,(H,24,27). The van der Waals surface area contributed by atoms with Crippen LogP contribution in [0.1, 0.15) is 46.5 Å². The van der Waals surface area contributed by atoms with E-state index in [2.05, 4.69) is 24.1 Å². The van der Waals surface area contributed by atoms with Gasteiger partial charge in [-0.3, -0.25) is 14.5 Å². The molecule has 146 valence electrons. The van der Waals surface area contributed by atoms with E-state index in [1.54, 1.807) is 12.1 Å². The Hall–Kier alpha value is -2.50. The molecule has 5 nitrogen and oxygen atoms in total. The van der Waals surface area contributed by atoms with Crippen LogP contribution >= 0.6 is 0 Å². The van der Waals surface area contributed by atoms with Gasteiger partial charge < -0.3 is 10.1 Å². The van der Waals surface area contributed by atoms with Gasteiger partial charge in [0.05, 0.1) is 12.2 Å². The van der Waals surface area contributed by atoms with Crippen LogP contribution in [0.4, 0.5) is 0 Å². The Balaban J connectivity index is 1.33. The molecule has 5 heteroatoms. The number of carbonyl (C=O) groups is 2. The second-order valence-electron chi connectivity index (χ2n) is 7.76. The molecular formula is C23H26N2O3. The number of rotatable bonds is 5. The maximum absolute atomic E-state index is 12.6. The quantitative estimate of drug-likeness (QED) is 0.693. The van der Waals surface area contributed by atoms with E-state index in [0.717, 1.165) is 37.2 Å². The van der Waals surface area contributed by atoms with Crippen molar-refractivity contribution in [3.8, 4) is 11.1 Å². The van der Waals surface area contributed by atoms with E-state index in [1.807, 2.05) is 30.3 Å². The summed E-state index contributed by atoms with van der Waals surface area (Å²) >= 11 is 0. The minimum Gasteiger partial charge on any atom is -0.373 e. The average molecular weight is 378 g/mol. The zero-order valence-corrected chi connectivity index (χ0v) is 16.4. The maximum atomic E-state index is 12.6. The fraction of sp³-hybridized carbons (Fsp3) is 0.391. The number of nitrogens with zero attached hydrogens (tertiary/aromatic N) is 1. The van der Waals surface area contributed by atoms with Crippen LogP contribution in [0.15, 0.2) is 42.5 Å². The summed E-state index contributed by atoms with van der Waals surface area (Å²) in [6.45, 7) is 7.62. The third-order valence-corrected chi connectivity index (χ3v) is 5.42. The van der Waals surface area contributed by atoms with Crippen molar-refractivity contribution in [1.29, 1.82) is 0 Å². The normalized spacial score (nSPS) is 21.3. The smallest absolute Gasteiger partial charge is 0.251 e. The summed E-state index contributed by atoms with van der Waals surface area (Å²) in [6, 6.07) is 13.0. The lowest BCUT2D eigenvalue weighted by molar-refractivity contribution is -0.0680. The van der Waals surface area contributed by atoms with Gasteiger partial charge in [-0.25, -0.2) is 0 Å². The van der Waals surface area contributed by atoms with Gasteiger partial charge in [0, 0.05) is 42.9 Å². The Bertz CT molecular complexity index is 898. The lowest BCUT2D eigenvalue weighted by Crippen LogP contribution is -2.46. The summed E-state index contributed by atoms with van der Waals surface area (Å²) in [6.07, 6.45) is 1.40. The highest BCUT2D eigenvalue weighted by molar-refractivity contribution is 6.22. The molecule has 1 saturated heterocycles. The molecule has 2 unspecified atom stereocenters. The lowest BCUT2D eigenvalue weighted by atomic mass is 10.0. The molecule has 2 aromatic rings. The molecule has 1 aliphatic carbocycles. The number of hydrogen-bond donors (Lipinski definition) is 1. The van der Waals surface area contributed by atoms with Crippen LogP contribution in [-0.4, -0.2) is 55.0 Å². The highest BCUT2D eigenvalue weighted by Gasteiger charge is 2.27. The van der Waals surface area contributed by atoms with Gasteiger partial charge in [0.1, 0.15) is 0 Å². The van der Waals surface area contributed by atoms with E-state index < -0.39 is 0 Å². The molecule has 0 aromatic heterocycles. The predicted octanol–water partition coefficient (Wildman–Crippen LogP) is 3.13. The zero-order chi connectivity index (χ0) is 19.7. The number of ketones is 1. The molecule has 0 saturated carbocycles. The molecule has 4 rings (SSSR count). The molecule has 1 fully saturated rings. The van der Waals surface area contributed by atoms with Crippen LogP contribution in [0.3, 0.4) is 0 Å². The highest BCUT2D eigenvalue weighted by atomic mass is 16.5. The SMILES string of the molecule is CC1CN(CCCNC(=O)c2ccc3c(c2)C(=O)c2ccccc2-3)CC(C)O1. The molecule has 28 heavy (non-hydrogen) atoms. The molecule has 0 radical (unpaired) electrons. The Morgan fingerprint density at radius 1 is 1.04 bits per heavy atom. The topological polar surface area (TPSA) is 58.6 Å². The van der Waals surface area contributed by atoms with Crippen molar-refractivity contribution in [2.24, 2.45) is 0 Å². The first kappa shape index (κ1) is 18.8. The van der Waals surface area contributed by atoms with Crippen molar-refractivity contribution < 1.29 is 14.3 Å². The van der Waals surface area contributed by atoms with Gasteiger partial charge in [-0.15, -0.1) is 0 Å². The van der Waals surface area contributed by atoms with Crippen molar-refractivity contribution in [1.82, 2.24) is 10.2 Å². The first-order valence-electron chi connectivity index (χ1n) is 9.97. The van der Waals surface area contributed by atoms with Crippen LogP contribution in [0.25, 0.3) is 11.1 Å². The minimum absolute atomic E-state index is 0.00388. The second kappa shape index (κ2) is 7.86. The number of morpholine rings is 1. The average Bonchev–Trinajstić information content (AvgIpc) is 2.97. The van der Waals surface area contributed by atoms with Crippen molar-refractivity contribution in [3.63, 3.8) is 0 Å². The Morgan fingerprint density at radius 3 is 2.46 bits per heavy atom. The summed E-state index contributed by atoms with van der Waals surface area (Å²) in [5, 5.41) is 2.98. The Labute approximate surface area is 165 Å². The largest absolute Gasteiger partial charge is 0.373 e. The summed E-state index contributed by atoms with van der Waals surface area (Å²) in [7, 11) is 0. The first-order valence-corrected chi connectivity index (χ1v) is 9.97. The zero-order valence-electron chi connectivity index (χ0n) is 16.4. The molecule has 2 aromatic carbocycles. The van der Waals surface area contributed by atoms with E-state index in [1.165, 1.54) is 0 Å². The molecular weight excluding hydrogens is 352 g/mol. The van der Waals surface area contributed by atoms with E-state index >= 15 is 0 Å². The van der Waals surface area contributed by atoms with E-state index in [9.17, 15) is 9.59 Å². The molecule has 2 aliphatic rings. The van der Waals surface area contributed by atoms with Crippen molar-refractivity contribution in [2.45, 2.75) is 32.5 Å². The summed E-state index contributed by atoms with van der Waals surface area (Å²) in [5.74, 6) is -0.133. The van der Waals surface area contributed by atoms with Gasteiger partial charge in [0.15, 0.2) is 5.78 Å². The Kier molecular flexibility index (Phi) is 5.29. The summed E-state index contributed by atoms with van der Waals surface area (Å²) in [5.41, 5.74) is 3.72. The molecule has 1 amide bonds. The number of benzene rings is 2. The first-order chi connectivity index (χ1) is 13.5. The van der Waals surface area contributed by atoms with Crippen molar-refractivity contribution in [2.75, 3.05) is 26.2 Å². The number of carbonyl (C=O) groups excluding carboxylic acids is 2. The number of hydrogen-bond acceptors (Lipinski definition) is 4. The number of ether oxygens (including phenoxy) is 1. The highest BCUT2D eigenvalue weighted by Crippen LogP contribution is 2.36. The lowest BCUT2D eigenvalue weighted by Gasteiger charge is -2.35. The van der Waals surface area contributed by atoms with Crippen LogP contribution in [0.5, 0.6) is 0 Å². The van der Waals surface area contributed by atoms with Gasteiger partial charge in [-0.1, -0.05) is 30.3 Å². The van der Waals surface area contributed by atoms with Crippen LogP contribution < -0.4 is 5.32 Å². The van der Waals surface area contributed by atoms with Crippen LogP contribution in [0.2, 0.25) is 0 Å². The molecule has 2 atom stereocenters. The van der Waals surface area contributed by atoms with Gasteiger partial charge in [0.2, 0.25) is 0 Å². The molecule has 1 heterocycles. The van der Waals surface area contributed by atoms with Crippen LogP contribution in [0, 0.1) is 0 Å². The number of nitrogens with one attached hydrogen (secondary N) is 1. The predicted molar refractivity (Wildman–Crippen MR) is 109 cm³/mol. The van der Waals surface area contributed by atoms with E-state index in [4.69, 9.17) is 4.74 Å². The minimum atomic E-state index is -0.129. The van der Waals surface area contributed by atoms with Gasteiger partial charge in [0.25, 0.3) is 5.91 Å². The summed E-state index contributed by atoms with van der Waals surface area (Å²) in [4.78, 5) is 27.5. The maximum Gasteiger partial charge on any atom is 0.251 e. The third-order valence-electron chi connectivity index (χ3n) is 5.42. The molecule has 0 spiro atoms. The summed E-state index contributed by atoms with van der Waals surface area (Å²) < 4.78 is 5.75. The van der Waals surface area contributed by atoms with Crippen LogP contribution in [-0.2, 0) is 4.74 Å². The van der Waals surface area contributed by atoms with E-state index in [-0.39, 0.29) is 23.9 Å². The number of fused-ring (bicyclic) bond motifs is 3. The van der Waals surface area contributed by atoms with Gasteiger partial charge in [-0.05, 0) is 43.5 Å².